The Morgan fingerprint density at radius 2 is 1.79 bits per heavy atom. The molecule has 120 valence electrons. The molecule has 0 unspecified atom stereocenters. The van der Waals surface area contributed by atoms with E-state index in [0.29, 0.717) is 5.39 Å². The van der Waals surface area contributed by atoms with Gasteiger partial charge in [0, 0.05) is 17.8 Å². The second kappa shape index (κ2) is 5.88. The minimum atomic E-state index is -1.29. The molecule has 7 nitrogen and oxygen atoms in total. The Kier molecular flexibility index (Phi) is 3.75. The van der Waals surface area contributed by atoms with Gasteiger partial charge in [-0.15, -0.1) is 0 Å². The Morgan fingerprint density at radius 1 is 1.04 bits per heavy atom. The number of amides is 1. The first-order valence-corrected chi connectivity index (χ1v) is 6.86. The summed E-state index contributed by atoms with van der Waals surface area (Å²) in [6.45, 7) is 0. The molecule has 0 aliphatic rings. The highest BCUT2D eigenvalue weighted by Gasteiger charge is 2.14. The third kappa shape index (κ3) is 2.82. The molecule has 1 aromatic heterocycles. The van der Waals surface area contributed by atoms with E-state index >= 15 is 0 Å². The number of hydrogen-bond donors (Lipinski definition) is 3. The molecule has 0 saturated carbocycles. The molecule has 1 amide bonds. The van der Waals surface area contributed by atoms with E-state index in [1.807, 2.05) is 0 Å². The molecule has 24 heavy (non-hydrogen) atoms. The van der Waals surface area contributed by atoms with E-state index in [-0.39, 0.29) is 28.0 Å². The van der Waals surface area contributed by atoms with E-state index < -0.39 is 17.6 Å². The molecule has 0 spiro atoms. The largest absolute Gasteiger partial charge is 0.507 e. The maximum absolute atomic E-state index is 12.2. The lowest BCUT2D eigenvalue weighted by Gasteiger charge is -2.07. The monoisotopic (exact) mass is 325 g/mol. The first kappa shape index (κ1) is 15.3. The van der Waals surface area contributed by atoms with Gasteiger partial charge in [0.2, 0.25) is 0 Å². The second-order valence-electron chi connectivity index (χ2n) is 4.96. The van der Waals surface area contributed by atoms with Gasteiger partial charge in [0.15, 0.2) is 11.2 Å². The van der Waals surface area contributed by atoms with E-state index in [4.69, 9.17) is 9.52 Å². The van der Waals surface area contributed by atoms with E-state index in [9.17, 15) is 19.5 Å². The summed E-state index contributed by atoms with van der Waals surface area (Å²) < 4.78 is 5.40. The number of nitrogens with one attached hydrogen (secondary N) is 1. The maximum atomic E-state index is 12.2. The van der Waals surface area contributed by atoms with Crippen LogP contribution in [0.4, 0.5) is 5.69 Å². The highest BCUT2D eigenvalue weighted by atomic mass is 16.4. The topological polar surface area (TPSA) is 117 Å². The van der Waals surface area contributed by atoms with Crippen molar-refractivity contribution in [3.63, 3.8) is 0 Å². The van der Waals surface area contributed by atoms with Crippen LogP contribution in [0.2, 0.25) is 0 Å². The summed E-state index contributed by atoms with van der Waals surface area (Å²) >= 11 is 0. The van der Waals surface area contributed by atoms with Crippen molar-refractivity contribution in [3.05, 3.63) is 70.1 Å². The summed E-state index contributed by atoms with van der Waals surface area (Å²) in [5, 5.41) is 21.3. The molecular weight excluding hydrogens is 314 g/mol. The van der Waals surface area contributed by atoms with Crippen molar-refractivity contribution in [1.82, 2.24) is 0 Å². The summed E-state index contributed by atoms with van der Waals surface area (Å²) in [6.07, 6.45) is 0. The smallest absolute Gasteiger partial charge is 0.339 e. The molecule has 1 heterocycles. The molecule has 0 fully saturated rings. The zero-order valence-electron chi connectivity index (χ0n) is 12.1. The fraction of sp³-hybridized carbons (Fsp3) is 0. The first-order chi connectivity index (χ1) is 11.5. The molecule has 0 atom stereocenters. The van der Waals surface area contributed by atoms with Crippen LogP contribution in [-0.2, 0) is 0 Å². The molecule has 2 aromatic carbocycles. The molecular formula is C17H11NO6. The average Bonchev–Trinajstić information content (AvgIpc) is 2.54. The first-order valence-electron chi connectivity index (χ1n) is 6.86. The quantitative estimate of drug-likeness (QED) is 0.681. The van der Waals surface area contributed by atoms with Gasteiger partial charge in [-0.1, -0.05) is 12.1 Å². The molecule has 0 aliphatic carbocycles. The summed E-state index contributed by atoms with van der Waals surface area (Å²) in [6, 6.07) is 11.2. The summed E-state index contributed by atoms with van der Waals surface area (Å²) in [7, 11) is 0. The SMILES string of the molecule is O=C(Nc1ccc(C(=O)O)c(O)c1)c1cc(=O)c2ccccc2o1. The van der Waals surface area contributed by atoms with Crippen molar-refractivity contribution in [2.45, 2.75) is 0 Å². The number of carbonyl (C=O) groups is 2. The number of aromatic carboxylic acids is 1. The van der Waals surface area contributed by atoms with Crippen LogP contribution in [0.1, 0.15) is 20.9 Å². The van der Waals surface area contributed by atoms with Gasteiger partial charge in [0.05, 0.1) is 5.39 Å². The number of para-hydroxylation sites is 1. The van der Waals surface area contributed by atoms with Crippen LogP contribution in [0.15, 0.2) is 57.7 Å². The van der Waals surface area contributed by atoms with Crippen molar-refractivity contribution in [3.8, 4) is 5.75 Å². The van der Waals surface area contributed by atoms with Crippen molar-refractivity contribution in [2.24, 2.45) is 0 Å². The van der Waals surface area contributed by atoms with Crippen molar-refractivity contribution in [2.75, 3.05) is 5.32 Å². The third-order valence-corrected chi connectivity index (χ3v) is 3.34. The number of carboxylic acid groups (broad SMARTS) is 1. The average molecular weight is 325 g/mol. The third-order valence-electron chi connectivity index (χ3n) is 3.34. The normalized spacial score (nSPS) is 10.5. The molecule has 0 bridgehead atoms. The van der Waals surface area contributed by atoms with E-state index in [1.54, 1.807) is 24.3 Å². The molecule has 3 N–H and O–H groups in total. The molecule has 7 heteroatoms. The number of rotatable bonds is 3. The lowest BCUT2D eigenvalue weighted by atomic mass is 10.2. The predicted molar refractivity (Wildman–Crippen MR) is 85.5 cm³/mol. The van der Waals surface area contributed by atoms with Crippen LogP contribution in [0.5, 0.6) is 5.75 Å². The van der Waals surface area contributed by atoms with E-state index in [2.05, 4.69) is 5.32 Å². The number of phenols is 1. The Morgan fingerprint density at radius 3 is 2.50 bits per heavy atom. The van der Waals surface area contributed by atoms with E-state index in [1.165, 1.54) is 6.07 Å². The highest BCUT2D eigenvalue weighted by Crippen LogP contribution is 2.22. The van der Waals surface area contributed by atoms with Gasteiger partial charge in [-0.3, -0.25) is 9.59 Å². The number of fused-ring (bicyclic) bond motifs is 1. The Labute approximate surface area is 134 Å². The minimum absolute atomic E-state index is 0.165. The molecule has 3 aromatic rings. The fourth-order valence-corrected chi connectivity index (χ4v) is 2.20. The van der Waals surface area contributed by atoms with Crippen molar-refractivity contribution >= 4 is 28.5 Å². The number of carbonyl (C=O) groups excluding carboxylic acids is 1. The van der Waals surface area contributed by atoms with Crippen LogP contribution in [-0.4, -0.2) is 22.1 Å². The van der Waals surface area contributed by atoms with Crippen molar-refractivity contribution < 1.29 is 24.2 Å². The summed E-state index contributed by atoms with van der Waals surface area (Å²) in [4.78, 5) is 35.0. The van der Waals surface area contributed by atoms with Crippen LogP contribution < -0.4 is 10.7 Å². The number of carboxylic acids is 1. The summed E-state index contributed by atoms with van der Waals surface area (Å²) in [5.74, 6) is -2.66. The maximum Gasteiger partial charge on any atom is 0.339 e. The van der Waals surface area contributed by atoms with Gasteiger partial charge in [-0.25, -0.2) is 4.79 Å². The molecule has 0 aliphatic heterocycles. The van der Waals surface area contributed by atoms with Crippen LogP contribution in [0.25, 0.3) is 11.0 Å². The van der Waals surface area contributed by atoms with Gasteiger partial charge in [0.1, 0.15) is 16.9 Å². The highest BCUT2D eigenvalue weighted by molar-refractivity contribution is 6.03. The lowest BCUT2D eigenvalue weighted by molar-refractivity contribution is 0.0693. The van der Waals surface area contributed by atoms with Crippen LogP contribution >= 0.6 is 0 Å². The van der Waals surface area contributed by atoms with Gasteiger partial charge < -0.3 is 19.9 Å². The fourth-order valence-electron chi connectivity index (χ4n) is 2.20. The van der Waals surface area contributed by atoms with Gasteiger partial charge >= 0.3 is 5.97 Å². The molecule has 3 rings (SSSR count). The second-order valence-corrected chi connectivity index (χ2v) is 4.96. The van der Waals surface area contributed by atoms with E-state index in [0.717, 1.165) is 18.2 Å². The standard InChI is InChI=1S/C17H11NO6/c19-12-7-9(5-6-11(12)17(22)23)18-16(21)15-8-13(20)10-3-1-2-4-14(10)24-15/h1-8,19H,(H,18,21)(H,22,23). The number of hydrogen-bond acceptors (Lipinski definition) is 5. The number of anilines is 1. The lowest BCUT2D eigenvalue weighted by Crippen LogP contribution is -2.15. The molecule has 0 radical (unpaired) electrons. The zero-order chi connectivity index (χ0) is 17.3. The van der Waals surface area contributed by atoms with Gasteiger partial charge in [-0.05, 0) is 24.3 Å². The van der Waals surface area contributed by atoms with Gasteiger partial charge in [-0.2, -0.15) is 0 Å². The van der Waals surface area contributed by atoms with Crippen molar-refractivity contribution in [1.29, 1.82) is 0 Å². The predicted octanol–water partition coefficient (Wildman–Crippen LogP) is 2.45. The van der Waals surface area contributed by atoms with Gasteiger partial charge in [0.25, 0.3) is 5.91 Å². The Hall–Kier alpha value is -3.61. The minimum Gasteiger partial charge on any atom is -0.507 e. The number of benzene rings is 2. The Balaban J connectivity index is 1.91. The Bertz CT molecular complexity index is 1020. The summed E-state index contributed by atoms with van der Waals surface area (Å²) in [5.41, 5.74) is -0.200. The van der Waals surface area contributed by atoms with Crippen LogP contribution in [0.3, 0.4) is 0 Å². The zero-order valence-corrected chi connectivity index (χ0v) is 12.1. The number of aromatic hydroxyl groups is 1. The molecule has 0 saturated heterocycles. The van der Waals surface area contributed by atoms with Crippen LogP contribution in [0, 0.1) is 0 Å².